The predicted molar refractivity (Wildman–Crippen MR) is 106 cm³/mol. The van der Waals surface area contributed by atoms with Gasteiger partial charge in [0.05, 0.1) is 6.54 Å². The van der Waals surface area contributed by atoms with Crippen LogP contribution >= 0.6 is 0 Å². The molecule has 26 heavy (non-hydrogen) atoms. The average molecular weight is 365 g/mol. The van der Waals surface area contributed by atoms with Crippen LogP contribution in [0.5, 0.6) is 0 Å². The fraction of sp³-hybridized carbons (Fsp3) is 0.750. The number of guanidine groups is 1. The number of hydrogen-bond donors (Lipinski definition) is 3. The number of nitrogens with zero attached hydrogens (tertiary/aromatic N) is 2. The van der Waals surface area contributed by atoms with Crippen molar-refractivity contribution in [2.45, 2.75) is 52.6 Å². The minimum absolute atomic E-state index is 0.249. The first-order valence-corrected chi connectivity index (χ1v) is 9.94. The van der Waals surface area contributed by atoms with E-state index in [2.05, 4.69) is 27.4 Å². The first-order chi connectivity index (χ1) is 12.4. The number of likely N-dealkylation sites (tertiary alicyclic amines) is 1. The monoisotopic (exact) mass is 364 g/mol. The largest absolute Gasteiger partial charge is 0.463 e. The zero-order chi connectivity index (χ0) is 19.0. The van der Waals surface area contributed by atoms with Gasteiger partial charge >= 0.3 is 0 Å². The highest BCUT2D eigenvalue weighted by Crippen LogP contribution is 2.23. The van der Waals surface area contributed by atoms with Gasteiger partial charge in [0.25, 0.3) is 0 Å². The molecule has 0 spiro atoms. The molecule has 6 heteroatoms. The van der Waals surface area contributed by atoms with Crippen LogP contribution < -0.4 is 10.6 Å². The van der Waals surface area contributed by atoms with Crippen molar-refractivity contribution in [1.82, 2.24) is 15.5 Å². The molecular weight excluding hydrogens is 328 g/mol. The second-order valence-corrected chi connectivity index (χ2v) is 7.68. The predicted octanol–water partition coefficient (Wildman–Crippen LogP) is 2.47. The van der Waals surface area contributed by atoms with Crippen molar-refractivity contribution in [1.29, 1.82) is 0 Å². The Kier molecular flexibility index (Phi) is 7.97. The summed E-state index contributed by atoms with van der Waals surface area (Å²) in [5.41, 5.74) is -1.11. The number of rotatable bonds is 8. The molecule has 6 nitrogen and oxygen atoms in total. The molecule has 0 aliphatic carbocycles. The number of aliphatic imine (C=N–C) groups is 1. The number of nitrogens with one attached hydrogen (secondary N) is 2. The Hall–Kier alpha value is -1.53. The van der Waals surface area contributed by atoms with Crippen LogP contribution in [0.4, 0.5) is 0 Å². The smallest absolute Gasteiger partial charge is 0.191 e. The van der Waals surface area contributed by atoms with Crippen LogP contribution in [0.25, 0.3) is 0 Å². The molecule has 0 bridgehead atoms. The standard InChI is InChI=1S/C20H36N4O2/c1-5-21-19(22-11-6-12-24-13-9-16(2)10-14-24)23-15-20(4,25)18-8-7-17(3)26-18/h7-8,16,25H,5-6,9-15H2,1-4H3,(H2,21,22,23). The first kappa shape index (κ1) is 20.8. The van der Waals surface area contributed by atoms with Gasteiger partial charge in [0.1, 0.15) is 17.1 Å². The van der Waals surface area contributed by atoms with Crippen LogP contribution in [0.2, 0.25) is 0 Å². The molecule has 1 fully saturated rings. The fourth-order valence-corrected chi connectivity index (χ4v) is 3.17. The van der Waals surface area contributed by atoms with E-state index in [1.165, 1.54) is 25.9 Å². The SMILES string of the molecule is CCNC(=NCC(C)(O)c1ccc(C)o1)NCCCN1CCC(C)CC1. The molecule has 1 aromatic rings. The lowest BCUT2D eigenvalue weighted by Gasteiger charge is -2.30. The van der Waals surface area contributed by atoms with E-state index in [0.29, 0.717) is 5.76 Å². The Morgan fingerprint density at radius 1 is 1.35 bits per heavy atom. The molecular formula is C20H36N4O2. The van der Waals surface area contributed by atoms with E-state index < -0.39 is 5.60 Å². The van der Waals surface area contributed by atoms with E-state index in [9.17, 15) is 5.11 Å². The average Bonchev–Trinajstić information content (AvgIpc) is 3.05. The highest BCUT2D eigenvalue weighted by molar-refractivity contribution is 5.79. The lowest BCUT2D eigenvalue weighted by atomic mass is 9.99. The van der Waals surface area contributed by atoms with Gasteiger partial charge in [0.15, 0.2) is 5.96 Å². The first-order valence-electron chi connectivity index (χ1n) is 9.94. The summed E-state index contributed by atoms with van der Waals surface area (Å²) in [6.07, 6.45) is 3.73. The molecule has 0 aromatic carbocycles. The molecule has 1 aromatic heterocycles. The molecule has 148 valence electrons. The molecule has 2 heterocycles. The second-order valence-electron chi connectivity index (χ2n) is 7.68. The van der Waals surface area contributed by atoms with E-state index in [1.807, 2.05) is 26.0 Å². The number of furan rings is 1. The van der Waals surface area contributed by atoms with E-state index in [-0.39, 0.29) is 6.54 Å². The minimum atomic E-state index is -1.11. The third-order valence-electron chi connectivity index (χ3n) is 4.98. The molecule has 1 saturated heterocycles. The topological polar surface area (TPSA) is 73.0 Å². The highest BCUT2D eigenvalue weighted by atomic mass is 16.4. The zero-order valence-corrected chi connectivity index (χ0v) is 16.8. The van der Waals surface area contributed by atoms with Gasteiger partial charge in [-0.05, 0) is 77.7 Å². The van der Waals surface area contributed by atoms with Crippen LogP contribution in [-0.2, 0) is 5.60 Å². The summed E-state index contributed by atoms with van der Waals surface area (Å²) >= 11 is 0. The third kappa shape index (κ3) is 6.65. The summed E-state index contributed by atoms with van der Waals surface area (Å²) in [6.45, 7) is 13.5. The van der Waals surface area contributed by atoms with Crippen molar-refractivity contribution < 1.29 is 9.52 Å². The number of aliphatic hydroxyl groups is 1. The van der Waals surface area contributed by atoms with Gasteiger partial charge in [-0.2, -0.15) is 0 Å². The third-order valence-corrected chi connectivity index (χ3v) is 4.98. The Bertz CT molecular complexity index is 560. The molecule has 1 atom stereocenters. The quantitative estimate of drug-likeness (QED) is 0.375. The van der Waals surface area contributed by atoms with Crippen molar-refractivity contribution in [3.8, 4) is 0 Å². The molecule has 0 radical (unpaired) electrons. The van der Waals surface area contributed by atoms with Crippen LogP contribution in [0.1, 0.15) is 51.6 Å². The van der Waals surface area contributed by atoms with E-state index >= 15 is 0 Å². The van der Waals surface area contributed by atoms with Crippen molar-refractivity contribution in [2.24, 2.45) is 10.9 Å². The van der Waals surface area contributed by atoms with Crippen molar-refractivity contribution >= 4 is 5.96 Å². The molecule has 1 aliphatic rings. The lowest BCUT2D eigenvalue weighted by molar-refractivity contribution is 0.0428. The highest BCUT2D eigenvalue weighted by Gasteiger charge is 2.26. The molecule has 1 unspecified atom stereocenters. The molecule has 0 amide bonds. The summed E-state index contributed by atoms with van der Waals surface area (Å²) in [5.74, 6) is 2.96. The van der Waals surface area contributed by atoms with Crippen LogP contribution in [0.3, 0.4) is 0 Å². The van der Waals surface area contributed by atoms with Crippen molar-refractivity contribution in [3.63, 3.8) is 0 Å². The maximum Gasteiger partial charge on any atom is 0.191 e. The van der Waals surface area contributed by atoms with Crippen LogP contribution in [0.15, 0.2) is 21.5 Å². The number of hydrogen-bond acceptors (Lipinski definition) is 4. The summed E-state index contributed by atoms with van der Waals surface area (Å²) < 4.78 is 5.55. The summed E-state index contributed by atoms with van der Waals surface area (Å²) in [6, 6.07) is 3.67. The van der Waals surface area contributed by atoms with E-state index in [1.54, 1.807) is 6.92 Å². The van der Waals surface area contributed by atoms with Gasteiger partial charge in [-0.15, -0.1) is 0 Å². The Balaban J connectivity index is 1.77. The Morgan fingerprint density at radius 3 is 2.69 bits per heavy atom. The van der Waals surface area contributed by atoms with E-state index in [0.717, 1.165) is 43.7 Å². The van der Waals surface area contributed by atoms with Crippen molar-refractivity contribution in [3.05, 3.63) is 23.7 Å². The number of aryl methyl sites for hydroxylation is 1. The minimum Gasteiger partial charge on any atom is -0.463 e. The summed E-state index contributed by atoms with van der Waals surface area (Å²) in [5, 5.41) is 17.2. The zero-order valence-electron chi connectivity index (χ0n) is 16.8. The van der Waals surface area contributed by atoms with Gasteiger partial charge < -0.3 is 25.1 Å². The molecule has 0 saturated carbocycles. The van der Waals surface area contributed by atoms with Gasteiger partial charge in [0, 0.05) is 13.1 Å². The lowest BCUT2D eigenvalue weighted by Crippen LogP contribution is -2.40. The molecule has 2 rings (SSSR count). The Labute approximate surface area is 158 Å². The van der Waals surface area contributed by atoms with Crippen LogP contribution in [0, 0.1) is 12.8 Å². The summed E-state index contributed by atoms with van der Waals surface area (Å²) in [4.78, 5) is 7.09. The maximum absolute atomic E-state index is 10.6. The summed E-state index contributed by atoms with van der Waals surface area (Å²) in [7, 11) is 0. The van der Waals surface area contributed by atoms with Gasteiger partial charge in [-0.25, -0.2) is 4.99 Å². The van der Waals surface area contributed by atoms with Crippen molar-refractivity contribution in [2.75, 3.05) is 39.3 Å². The fourth-order valence-electron chi connectivity index (χ4n) is 3.17. The molecule has 1 aliphatic heterocycles. The molecule has 3 N–H and O–H groups in total. The van der Waals surface area contributed by atoms with Crippen LogP contribution in [-0.4, -0.2) is 55.2 Å². The number of piperidine rings is 1. The maximum atomic E-state index is 10.6. The van der Waals surface area contributed by atoms with Gasteiger partial charge in [-0.1, -0.05) is 6.92 Å². The second kappa shape index (κ2) is 9.97. The normalized spacial score (nSPS) is 19.3. The van der Waals surface area contributed by atoms with Gasteiger partial charge in [-0.3, -0.25) is 0 Å². The van der Waals surface area contributed by atoms with Gasteiger partial charge in [0.2, 0.25) is 0 Å². The Morgan fingerprint density at radius 2 is 2.08 bits per heavy atom. The van der Waals surface area contributed by atoms with E-state index in [4.69, 9.17) is 4.42 Å².